The first-order chi connectivity index (χ1) is 6.58. The quantitative estimate of drug-likeness (QED) is 0.784. The van der Waals surface area contributed by atoms with Gasteiger partial charge in [-0.15, -0.1) is 0 Å². The van der Waals surface area contributed by atoms with E-state index in [4.69, 9.17) is 5.73 Å². The van der Waals surface area contributed by atoms with E-state index in [1.165, 1.54) is 25.0 Å². The Morgan fingerprint density at radius 1 is 1.36 bits per heavy atom. The van der Waals surface area contributed by atoms with Crippen molar-refractivity contribution in [2.24, 2.45) is 11.7 Å². The van der Waals surface area contributed by atoms with Crippen molar-refractivity contribution in [1.82, 2.24) is 0 Å². The van der Waals surface area contributed by atoms with Gasteiger partial charge in [0.1, 0.15) is 5.82 Å². The molecule has 1 aliphatic rings. The summed E-state index contributed by atoms with van der Waals surface area (Å²) in [6.45, 7) is 2.09. The largest absolute Gasteiger partial charge is 0.325 e. The van der Waals surface area contributed by atoms with Gasteiger partial charge in [-0.25, -0.2) is 4.39 Å². The average molecular weight is 193 g/mol. The third-order valence-corrected chi connectivity index (χ3v) is 3.01. The fraction of sp³-hybridized carbons (Fsp3) is 0.500. The summed E-state index contributed by atoms with van der Waals surface area (Å²) < 4.78 is 12.7. The minimum Gasteiger partial charge on any atom is -0.325 e. The number of nitrogens with two attached hydrogens (primary N) is 1. The normalized spacial score (nSPS) is 20.5. The molecule has 76 valence electrons. The van der Waals surface area contributed by atoms with Crippen molar-refractivity contribution in [3.05, 3.63) is 35.6 Å². The molecule has 0 aliphatic heterocycles. The van der Waals surface area contributed by atoms with Crippen LogP contribution in [0.25, 0.3) is 0 Å². The molecule has 1 fully saturated rings. The molecule has 1 saturated carbocycles. The van der Waals surface area contributed by atoms with E-state index in [1.54, 1.807) is 0 Å². The Kier molecular flexibility index (Phi) is 2.31. The molecule has 0 saturated heterocycles. The second-order valence-corrected chi connectivity index (χ2v) is 4.58. The first-order valence-corrected chi connectivity index (χ1v) is 5.11. The SMILES string of the molecule is CC(N)(Cc1ccc(F)cc1)C1CC1. The van der Waals surface area contributed by atoms with Gasteiger partial charge in [0.05, 0.1) is 0 Å². The Morgan fingerprint density at radius 3 is 2.43 bits per heavy atom. The summed E-state index contributed by atoms with van der Waals surface area (Å²) in [4.78, 5) is 0. The molecule has 0 radical (unpaired) electrons. The lowest BCUT2D eigenvalue weighted by Gasteiger charge is -2.24. The lowest BCUT2D eigenvalue weighted by molar-refractivity contribution is 0.406. The van der Waals surface area contributed by atoms with Crippen molar-refractivity contribution in [2.45, 2.75) is 31.7 Å². The maximum Gasteiger partial charge on any atom is 0.123 e. The predicted molar refractivity (Wildman–Crippen MR) is 55.4 cm³/mol. The number of hydrogen-bond acceptors (Lipinski definition) is 1. The highest BCUT2D eigenvalue weighted by molar-refractivity contribution is 5.19. The van der Waals surface area contributed by atoms with Crippen LogP contribution in [0.3, 0.4) is 0 Å². The lowest BCUT2D eigenvalue weighted by atomic mass is 9.89. The molecule has 14 heavy (non-hydrogen) atoms. The predicted octanol–water partition coefficient (Wildman–Crippen LogP) is 2.50. The average Bonchev–Trinajstić information content (AvgIpc) is 2.91. The van der Waals surface area contributed by atoms with Gasteiger partial charge in [0.2, 0.25) is 0 Å². The molecule has 1 nitrogen and oxygen atoms in total. The molecule has 1 aromatic carbocycles. The third kappa shape index (κ3) is 2.13. The molecule has 2 N–H and O–H groups in total. The lowest BCUT2D eigenvalue weighted by Crippen LogP contribution is -2.40. The molecule has 2 heteroatoms. The Hall–Kier alpha value is -0.890. The van der Waals surface area contributed by atoms with E-state index in [1.807, 2.05) is 12.1 Å². The van der Waals surface area contributed by atoms with Gasteiger partial charge in [-0.1, -0.05) is 12.1 Å². The maximum absolute atomic E-state index is 12.7. The summed E-state index contributed by atoms with van der Waals surface area (Å²) in [5.74, 6) is 0.478. The molecule has 1 aromatic rings. The van der Waals surface area contributed by atoms with Crippen molar-refractivity contribution >= 4 is 0 Å². The molecule has 1 atom stereocenters. The molecule has 0 bridgehead atoms. The van der Waals surface area contributed by atoms with Gasteiger partial charge in [0, 0.05) is 5.54 Å². The molecular weight excluding hydrogens is 177 g/mol. The Balaban J connectivity index is 2.06. The summed E-state index contributed by atoms with van der Waals surface area (Å²) in [7, 11) is 0. The van der Waals surface area contributed by atoms with Gasteiger partial charge in [-0.2, -0.15) is 0 Å². The molecule has 1 aliphatic carbocycles. The smallest absolute Gasteiger partial charge is 0.123 e. The van der Waals surface area contributed by atoms with Crippen LogP contribution in [0, 0.1) is 11.7 Å². The van der Waals surface area contributed by atoms with Crippen LogP contribution in [0.1, 0.15) is 25.3 Å². The van der Waals surface area contributed by atoms with Crippen molar-refractivity contribution in [1.29, 1.82) is 0 Å². The zero-order valence-corrected chi connectivity index (χ0v) is 8.46. The molecule has 2 rings (SSSR count). The number of hydrogen-bond donors (Lipinski definition) is 1. The fourth-order valence-electron chi connectivity index (χ4n) is 1.93. The summed E-state index contributed by atoms with van der Waals surface area (Å²) in [6, 6.07) is 6.64. The standard InChI is InChI=1S/C12H16FN/c1-12(14,10-4-5-10)8-9-2-6-11(13)7-3-9/h2-3,6-7,10H,4-5,8,14H2,1H3. The zero-order chi connectivity index (χ0) is 10.2. The van der Waals surface area contributed by atoms with Crippen LogP contribution in [-0.2, 0) is 6.42 Å². The Labute approximate surface area is 84.1 Å². The Morgan fingerprint density at radius 2 is 1.93 bits per heavy atom. The Bertz CT molecular complexity index is 312. The van der Waals surface area contributed by atoms with Gasteiger partial charge in [0.25, 0.3) is 0 Å². The summed E-state index contributed by atoms with van der Waals surface area (Å²) in [5.41, 5.74) is 7.21. The van der Waals surface area contributed by atoms with Crippen molar-refractivity contribution in [2.75, 3.05) is 0 Å². The van der Waals surface area contributed by atoms with Crippen molar-refractivity contribution in [3.8, 4) is 0 Å². The number of benzene rings is 1. The fourth-order valence-corrected chi connectivity index (χ4v) is 1.93. The van der Waals surface area contributed by atoms with Gasteiger partial charge in [-0.3, -0.25) is 0 Å². The van der Waals surface area contributed by atoms with E-state index in [2.05, 4.69) is 6.92 Å². The van der Waals surface area contributed by atoms with Crippen LogP contribution >= 0.6 is 0 Å². The third-order valence-electron chi connectivity index (χ3n) is 3.01. The van der Waals surface area contributed by atoms with Gasteiger partial charge < -0.3 is 5.73 Å². The first kappa shape index (κ1) is 9.66. The summed E-state index contributed by atoms with van der Waals surface area (Å²) in [5, 5.41) is 0. The van der Waals surface area contributed by atoms with E-state index in [9.17, 15) is 4.39 Å². The molecule has 0 aromatic heterocycles. The monoisotopic (exact) mass is 193 g/mol. The van der Waals surface area contributed by atoms with E-state index in [0.717, 1.165) is 12.0 Å². The zero-order valence-electron chi connectivity index (χ0n) is 8.46. The van der Waals surface area contributed by atoms with Crippen LogP contribution in [-0.4, -0.2) is 5.54 Å². The number of rotatable bonds is 3. The van der Waals surface area contributed by atoms with E-state index < -0.39 is 0 Å². The maximum atomic E-state index is 12.7. The molecule has 0 heterocycles. The second kappa shape index (κ2) is 3.35. The molecule has 0 spiro atoms. The van der Waals surface area contributed by atoms with Crippen molar-refractivity contribution < 1.29 is 4.39 Å². The van der Waals surface area contributed by atoms with E-state index in [-0.39, 0.29) is 11.4 Å². The van der Waals surface area contributed by atoms with Crippen LogP contribution in [0.4, 0.5) is 4.39 Å². The van der Waals surface area contributed by atoms with Crippen LogP contribution in [0.15, 0.2) is 24.3 Å². The summed E-state index contributed by atoms with van der Waals surface area (Å²) >= 11 is 0. The van der Waals surface area contributed by atoms with Gasteiger partial charge in [0.15, 0.2) is 0 Å². The molecule has 0 amide bonds. The van der Waals surface area contributed by atoms with E-state index in [0.29, 0.717) is 5.92 Å². The highest BCUT2D eigenvalue weighted by Crippen LogP contribution is 2.39. The van der Waals surface area contributed by atoms with Crippen LogP contribution in [0.2, 0.25) is 0 Å². The van der Waals surface area contributed by atoms with Gasteiger partial charge in [-0.05, 0) is 49.8 Å². The van der Waals surface area contributed by atoms with Crippen LogP contribution < -0.4 is 5.73 Å². The number of halogens is 1. The van der Waals surface area contributed by atoms with Crippen molar-refractivity contribution in [3.63, 3.8) is 0 Å². The minimum atomic E-state index is -0.182. The first-order valence-electron chi connectivity index (χ1n) is 5.11. The van der Waals surface area contributed by atoms with E-state index >= 15 is 0 Å². The van der Waals surface area contributed by atoms with Crippen LogP contribution in [0.5, 0.6) is 0 Å². The summed E-state index contributed by atoms with van der Waals surface area (Å²) in [6.07, 6.45) is 3.33. The highest BCUT2D eigenvalue weighted by Gasteiger charge is 2.38. The molecular formula is C12H16FN. The highest BCUT2D eigenvalue weighted by atomic mass is 19.1. The second-order valence-electron chi connectivity index (χ2n) is 4.58. The van der Waals surface area contributed by atoms with Gasteiger partial charge >= 0.3 is 0 Å². The minimum absolute atomic E-state index is 0.113. The topological polar surface area (TPSA) is 26.0 Å². The molecule has 1 unspecified atom stereocenters.